The van der Waals surface area contributed by atoms with Gasteiger partial charge in [-0.2, -0.15) is 0 Å². The van der Waals surface area contributed by atoms with Crippen molar-refractivity contribution >= 4 is 6.09 Å². The fraction of sp³-hybridized carbons (Fsp3) is 0.571. The van der Waals surface area contributed by atoms with Crippen LogP contribution in [0.4, 0.5) is 4.79 Å². The van der Waals surface area contributed by atoms with Gasteiger partial charge in [0.05, 0.1) is 6.04 Å². The molecule has 136 valence electrons. The van der Waals surface area contributed by atoms with Crippen LogP contribution in [-0.2, 0) is 16.1 Å². The number of piperidine rings is 1. The van der Waals surface area contributed by atoms with Crippen LogP contribution in [0, 0.1) is 0 Å². The van der Waals surface area contributed by atoms with Gasteiger partial charge in [-0.15, -0.1) is 0 Å². The van der Waals surface area contributed by atoms with Crippen molar-refractivity contribution in [3.05, 3.63) is 47.5 Å². The Labute approximate surface area is 150 Å². The van der Waals surface area contributed by atoms with Crippen LogP contribution >= 0.6 is 0 Å². The molecule has 0 spiro atoms. The highest BCUT2D eigenvalue weighted by Gasteiger charge is 2.37. The molecule has 4 nitrogen and oxygen atoms in total. The highest BCUT2D eigenvalue weighted by molar-refractivity contribution is 5.69. The zero-order valence-electron chi connectivity index (χ0n) is 15.2. The molecule has 0 saturated carbocycles. The fourth-order valence-electron chi connectivity index (χ4n) is 3.98. The number of benzene rings is 1. The summed E-state index contributed by atoms with van der Waals surface area (Å²) in [5.74, 6) is 0. The molecule has 1 fully saturated rings. The normalized spacial score (nSPS) is 22.4. The molecule has 2 bridgehead atoms. The van der Waals surface area contributed by atoms with E-state index < -0.39 is 0 Å². The second-order valence-electron chi connectivity index (χ2n) is 7.08. The van der Waals surface area contributed by atoms with Crippen LogP contribution in [0.15, 0.2) is 42.0 Å². The lowest BCUT2D eigenvalue weighted by molar-refractivity contribution is 0.0479. The Morgan fingerprint density at radius 1 is 1.20 bits per heavy atom. The molecular weight excluding hydrogens is 314 g/mol. The summed E-state index contributed by atoms with van der Waals surface area (Å²) < 4.78 is 10.7. The molecule has 1 aromatic rings. The van der Waals surface area contributed by atoms with Crippen molar-refractivity contribution in [3.63, 3.8) is 0 Å². The number of methoxy groups -OCH3 is 1. The molecule has 0 aromatic heterocycles. The number of amides is 1. The third-order valence-corrected chi connectivity index (χ3v) is 5.23. The van der Waals surface area contributed by atoms with Gasteiger partial charge < -0.3 is 9.47 Å². The van der Waals surface area contributed by atoms with E-state index in [0.29, 0.717) is 12.6 Å². The molecule has 1 amide bonds. The van der Waals surface area contributed by atoms with E-state index >= 15 is 0 Å². The molecular formula is C21H29NO3. The third kappa shape index (κ3) is 4.85. The molecule has 25 heavy (non-hydrogen) atoms. The predicted molar refractivity (Wildman–Crippen MR) is 98.3 cm³/mol. The van der Waals surface area contributed by atoms with E-state index in [2.05, 4.69) is 6.08 Å². The molecule has 0 radical (unpaired) electrons. The molecule has 1 aromatic carbocycles. The van der Waals surface area contributed by atoms with E-state index in [0.717, 1.165) is 50.7 Å². The Kier molecular flexibility index (Phi) is 6.51. The average Bonchev–Trinajstić information content (AvgIpc) is 2.63. The van der Waals surface area contributed by atoms with Crippen LogP contribution in [0.2, 0.25) is 0 Å². The summed E-state index contributed by atoms with van der Waals surface area (Å²) in [4.78, 5) is 14.6. The van der Waals surface area contributed by atoms with Gasteiger partial charge in [0, 0.05) is 19.8 Å². The second-order valence-corrected chi connectivity index (χ2v) is 7.08. The standard InChI is InChI=1S/C21H29NO3/c1-24-13-6-5-10-18-14-19-11-7-12-20(15-18)22(19)21(23)25-16-17-8-3-2-4-9-17/h2-4,8-9,14,19-20H,5-7,10-13,15-16H2,1H3. The van der Waals surface area contributed by atoms with Crippen LogP contribution in [0.5, 0.6) is 0 Å². The van der Waals surface area contributed by atoms with E-state index in [1.54, 1.807) is 7.11 Å². The molecule has 2 unspecified atom stereocenters. The number of fused-ring (bicyclic) bond motifs is 2. The fourth-order valence-corrected chi connectivity index (χ4v) is 3.98. The van der Waals surface area contributed by atoms with Crippen LogP contribution in [0.25, 0.3) is 0 Å². The van der Waals surface area contributed by atoms with E-state index in [-0.39, 0.29) is 12.1 Å². The number of rotatable bonds is 7. The van der Waals surface area contributed by atoms with E-state index in [9.17, 15) is 4.79 Å². The first-order chi connectivity index (χ1) is 12.3. The molecule has 2 aliphatic rings. The van der Waals surface area contributed by atoms with Gasteiger partial charge in [0.2, 0.25) is 0 Å². The van der Waals surface area contributed by atoms with Crippen LogP contribution in [0.3, 0.4) is 0 Å². The van der Waals surface area contributed by atoms with Gasteiger partial charge in [0.25, 0.3) is 0 Å². The Morgan fingerprint density at radius 2 is 2.04 bits per heavy atom. The van der Waals surface area contributed by atoms with Crippen LogP contribution in [-0.4, -0.2) is 36.8 Å². The number of nitrogens with zero attached hydrogens (tertiary/aromatic N) is 1. The number of unbranched alkanes of at least 4 members (excludes halogenated alkanes) is 1. The first kappa shape index (κ1) is 18.0. The summed E-state index contributed by atoms with van der Waals surface area (Å²) in [5.41, 5.74) is 2.55. The Hall–Kier alpha value is -1.81. The molecule has 2 atom stereocenters. The SMILES string of the molecule is COCCCCC1=CC2CCCC(C1)N2C(=O)OCc1ccccc1. The maximum atomic E-state index is 12.6. The first-order valence-electron chi connectivity index (χ1n) is 9.45. The van der Waals surface area contributed by atoms with Crippen molar-refractivity contribution in [2.24, 2.45) is 0 Å². The number of hydrogen-bond donors (Lipinski definition) is 0. The molecule has 0 aliphatic carbocycles. The number of carbonyl (C=O) groups excluding carboxylic acids is 1. The molecule has 2 heterocycles. The minimum atomic E-state index is -0.159. The van der Waals surface area contributed by atoms with Gasteiger partial charge in [-0.3, -0.25) is 4.90 Å². The topological polar surface area (TPSA) is 38.8 Å². The van der Waals surface area contributed by atoms with Gasteiger partial charge in [0.15, 0.2) is 0 Å². The first-order valence-corrected chi connectivity index (χ1v) is 9.45. The lowest BCUT2D eigenvalue weighted by Crippen LogP contribution is -2.51. The summed E-state index contributed by atoms with van der Waals surface area (Å²) in [5, 5.41) is 0. The average molecular weight is 343 g/mol. The monoisotopic (exact) mass is 343 g/mol. The molecule has 1 saturated heterocycles. The van der Waals surface area contributed by atoms with Crippen molar-refractivity contribution < 1.29 is 14.3 Å². The van der Waals surface area contributed by atoms with Crippen molar-refractivity contribution in [1.29, 1.82) is 0 Å². The Bertz CT molecular complexity index is 584. The highest BCUT2D eigenvalue weighted by atomic mass is 16.6. The Morgan fingerprint density at radius 3 is 2.80 bits per heavy atom. The minimum absolute atomic E-state index is 0.159. The summed E-state index contributed by atoms with van der Waals surface area (Å²) in [6, 6.07) is 10.4. The van der Waals surface area contributed by atoms with Gasteiger partial charge in [-0.05, 0) is 50.5 Å². The van der Waals surface area contributed by atoms with Crippen molar-refractivity contribution in [2.45, 2.75) is 63.6 Å². The van der Waals surface area contributed by atoms with Crippen molar-refractivity contribution in [2.75, 3.05) is 13.7 Å². The minimum Gasteiger partial charge on any atom is -0.445 e. The van der Waals surface area contributed by atoms with Gasteiger partial charge in [-0.1, -0.05) is 42.0 Å². The van der Waals surface area contributed by atoms with Crippen molar-refractivity contribution in [3.8, 4) is 0 Å². The quantitative estimate of drug-likeness (QED) is 0.532. The maximum Gasteiger partial charge on any atom is 0.410 e. The van der Waals surface area contributed by atoms with E-state index in [1.807, 2.05) is 35.2 Å². The summed E-state index contributed by atoms with van der Waals surface area (Å²) in [7, 11) is 1.75. The lowest BCUT2D eigenvalue weighted by Gasteiger charge is -2.44. The molecule has 3 rings (SSSR count). The van der Waals surface area contributed by atoms with E-state index in [1.165, 1.54) is 12.0 Å². The summed E-state index contributed by atoms with van der Waals surface area (Å²) in [6.07, 6.45) is 9.91. The summed E-state index contributed by atoms with van der Waals surface area (Å²) >= 11 is 0. The molecule has 2 aliphatic heterocycles. The maximum absolute atomic E-state index is 12.6. The number of ether oxygens (including phenoxy) is 2. The zero-order valence-corrected chi connectivity index (χ0v) is 15.2. The largest absolute Gasteiger partial charge is 0.445 e. The smallest absolute Gasteiger partial charge is 0.410 e. The predicted octanol–water partition coefficient (Wildman–Crippen LogP) is 4.69. The van der Waals surface area contributed by atoms with Gasteiger partial charge in [0.1, 0.15) is 6.61 Å². The van der Waals surface area contributed by atoms with Gasteiger partial charge in [-0.25, -0.2) is 4.79 Å². The number of hydrogen-bond acceptors (Lipinski definition) is 3. The zero-order chi connectivity index (χ0) is 17.5. The third-order valence-electron chi connectivity index (χ3n) is 5.23. The highest BCUT2D eigenvalue weighted by Crippen LogP contribution is 2.35. The van der Waals surface area contributed by atoms with Crippen LogP contribution in [0.1, 0.15) is 50.5 Å². The van der Waals surface area contributed by atoms with Crippen LogP contribution < -0.4 is 0 Å². The lowest BCUT2D eigenvalue weighted by atomic mass is 9.84. The van der Waals surface area contributed by atoms with Crippen molar-refractivity contribution in [1.82, 2.24) is 4.90 Å². The molecule has 0 N–H and O–H groups in total. The Balaban J connectivity index is 1.56. The summed E-state index contributed by atoms with van der Waals surface area (Å²) in [6.45, 7) is 1.18. The van der Waals surface area contributed by atoms with E-state index in [4.69, 9.17) is 9.47 Å². The van der Waals surface area contributed by atoms with Gasteiger partial charge >= 0.3 is 6.09 Å². The number of carbonyl (C=O) groups is 1. The second kappa shape index (κ2) is 9.04. The molecule has 4 heteroatoms.